The van der Waals surface area contributed by atoms with Crippen LogP contribution in [0.3, 0.4) is 0 Å². The van der Waals surface area contributed by atoms with Crippen molar-refractivity contribution < 1.29 is 14.3 Å². The molecule has 2 amide bonds. The van der Waals surface area contributed by atoms with Crippen molar-refractivity contribution in [2.45, 2.75) is 39.2 Å². The van der Waals surface area contributed by atoms with Gasteiger partial charge in [-0.05, 0) is 57.4 Å². The number of nitrogens with one attached hydrogen (secondary N) is 1. The highest BCUT2D eigenvalue weighted by atomic mass is 16.5. The number of amides is 2. The molecule has 182 valence electrons. The van der Waals surface area contributed by atoms with Crippen LogP contribution in [0.4, 0.5) is 11.5 Å². The molecule has 2 aliphatic rings. The van der Waals surface area contributed by atoms with Gasteiger partial charge in [0.05, 0.1) is 12.3 Å². The summed E-state index contributed by atoms with van der Waals surface area (Å²) in [5.74, 6) is 1.13. The summed E-state index contributed by atoms with van der Waals surface area (Å²) in [6.45, 7) is 8.70. The fourth-order valence-corrected chi connectivity index (χ4v) is 4.39. The van der Waals surface area contributed by atoms with E-state index in [0.717, 1.165) is 43.8 Å². The van der Waals surface area contributed by atoms with Crippen molar-refractivity contribution in [3.8, 4) is 5.75 Å². The molecule has 3 heterocycles. The average Bonchev–Trinajstić information content (AvgIpc) is 2.85. The molecule has 8 heteroatoms. The number of piperazine rings is 1. The standard InChI is InChI=1S/C26H35N5O3/c1-20(2)29-14-16-30(17-15-29)25(32)19-31-13-6-3-7-18-34-23-11-5-4-9-21(23)27-24-12-8-10-22(28-24)26(31)33/h4-5,8-12,20H,3,6-7,13-19H2,1-2H3,(H,27,28). The van der Waals surface area contributed by atoms with Crippen molar-refractivity contribution >= 4 is 23.3 Å². The van der Waals surface area contributed by atoms with Crippen LogP contribution in [0.25, 0.3) is 0 Å². The number of para-hydroxylation sites is 2. The number of carbonyl (C=O) groups excluding carboxylic acids is 2. The molecule has 4 rings (SSSR count). The number of ether oxygens (including phenoxy) is 1. The Morgan fingerprint density at radius 3 is 2.59 bits per heavy atom. The molecule has 2 aromatic rings. The summed E-state index contributed by atoms with van der Waals surface area (Å²) in [6.07, 6.45) is 2.60. The molecule has 1 fully saturated rings. The monoisotopic (exact) mass is 465 g/mol. The highest BCUT2D eigenvalue weighted by Crippen LogP contribution is 2.27. The van der Waals surface area contributed by atoms with Crippen LogP contribution in [0.5, 0.6) is 5.75 Å². The second kappa shape index (κ2) is 11.3. The average molecular weight is 466 g/mol. The summed E-state index contributed by atoms with van der Waals surface area (Å²) in [7, 11) is 0. The molecular weight excluding hydrogens is 430 g/mol. The highest BCUT2D eigenvalue weighted by Gasteiger charge is 2.26. The maximum atomic E-state index is 13.4. The van der Waals surface area contributed by atoms with Gasteiger partial charge in [-0.1, -0.05) is 18.2 Å². The molecule has 0 saturated carbocycles. The Hall–Kier alpha value is -3.13. The number of hydrogen-bond donors (Lipinski definition) is 1. The number of pyridine rings is 1. The van der Waals surface area contributed by atoms with Crippen molar-refractivity contribution in [2.75, 3.05) is 51.2 Å². The van der Waals surface area contributed by atoms with E-state index in [1.54, 1.807) is 11.0 Å². The Bertz CT molecular complexity index is 988. The molecule has 1 saturated heterocycles. The summed E-state index contributed by atoms with van der Waals surface area (Å²) in [5.41, 5.74) is 1.14. The third kappa shape index (κ3) is 6.05. The zero-order chi connectivity index (χ0) is 23.9. The van der Waals surface area contributed by atoms with E-state index < -0.39 is 0 Å². The van der Waals surface area contributed by atoms with Gasteiger partial charge in [-0.15, -0.1) is 0 Å². The SMILES string of the molecule is CC(C)N1CCN(C(=O)CN2CCCCCOc3ccccc3Nc3cccc(n3)C2=O)CC1. The van der Waals surface area contributed by atoms with Crippen LogP contribution >= 0.6 is 0 Å². The third-order valence-corrected chi connectivity index (χ3v) is 6.46. The quantitative estimate of drug-likeness (QED) is 0.749. The van der Waals surface area contributed by atoms with Crippen LogP contribution in [0, 0.1) is 0 Å². The molecule has 0 aliphatic carbocycles. The number of carbonyl (C=O) groups is 2. The van der Waals surface area contributed by atoms with Gasteiger partial charge in [0.25, 0.3) is 5.91 Å². The molecule has 0 radical (unpaired) electrons. The Morgan fingerprint density at radius 1 is 1.00 bits per heavy atom. The Balaban J connectivity index is 1.50. The Morgan fingerprint density at radius 2 is 1.79 bits per heavy atom. The maximum Gasteiger partial charge on any atom is 0.273 e. The van der Waals surface area contributed by atoms with E-state index in [1.165, 1.54) is 0 Å². The fraction of sp³-hybridized carbons (Fsp3) is 0.500. The van der Waals surface area contributed by atoms with E-state index in [-0.39, 0.29) is 18.4 Å². The van der Waals surface area contributed by atoms with Crippen LogP contribution in [0.2, 0.25) is 0 Å². The van der Waals surface area contributed by atoms with Gasteiger partial charge in [-0.2, -0.15) is 0 Å². The van der Waals surface area contributed by atoms with Gasteiger partial charge in [0.2, 0.25) is 5.91 Å². The van der Waals surface area contributed by atoms with E-state index >= 15 is 0 Å². The predicted molar refractivity (Wildman–Crippen MR) is 133 cm³/mol. The van der Waals surface area contributed by atoms with Crippen LogP contribution in [0.1, 0.15) is 43.6 Å². The number of fused-ring (bicyclic) bond motifs is 3. The maximum absolute atomic E-state index is 13.4. The summed E-state index contributed by atoms with van der Waals surface area (Å²) >= 11 is 0. The van der Waals surface area contributed by atoms with Gasteiger partial charge < -0.3 is 19.9 Å². The van der Waals surface area contributed by atoms with Crippen molar-refractivity contribution in [2.24, 2.45) is 0 Å². The van der Waals surface area contributed by atoms with Crippen LogP contribution in [-0.2, 0) is 4.79 Å². The summed E-state index contributed by atoms with van der Waals surface area (Å²) in [6, 6.07) is 13.5. The predicted octanol–water partition coefficient (Wildman–Crippen LogP) is 3.38. The lowest BCUT2D eigenvalue weighted by Gasteiger charge is -2.37. The minimum absolute atomic E-state index is 0.00409. The molecule has 0 spiro atoms. The van der Waals surface area contributed by atoms with E-state index in [2.05, 4.69) is 29.0 Å². The first-order chi connectivity index (χ1) is 16.5. The number of aromatic nitrogens is 1. The highest BCUT2D eigenvalue weighted by molar-refractivity contribution is 5.95. The normalized spacial score (nSPS) is 18.0. The smallest absolute Gasteiger partial charge is 0.273 e. The minimum Gasteiger partial charge on any atom is -0.491 e. The fourth-order valence-electron chi connectivity index (χ4n) is 4.39. The number of rotatable bonds is 3. The van der Waals surface area contributed by atoms with Crippen LogP contribution in [-0.4, -0.2) is 83.4 Å². The largest absolute Gasteiger partial charge is 0.491 e. The molecule has 2 bridgehead atoms. The van der Waals surface area contributed by atoms with E-state index in [4.69, 9.17) is 4.74 Å². The van der Waals surface area contributed by atoms with Crippen molar-refractivity contribution in [1.82, 2.24) is 19.7 Å². The summed E-state index contributed by atoms with van der Waals surface area (Å²) in [4.78, 5) is 37.0. The van der Waals surface area contributed by atoms with Gasteiger partial charge in [-0.25, -0.2) is 4.98 Å². The number of anilines is 2. The molecular formula is C26H35N5O3. The first-order valence-corrected chi connectivity index (χ1v) is 12.3. The van der Waals surface area contributed by atoms with E-state index in [0.29, 0.717) is 43.8 Å². The minimum atomic E-state index is -0.209. The van der Waals surface area contributed by atoms with Crippen molar-refractivity contribution in [3.63, 3.8) is 0 Å². The van der Waals surface area contributed by atoms with Crippen molar-refractivity contribution in [3.05, 3.63) is 48.2 Å². The second-order valence-corrected chi connectivity index (χ2v) is 9.18. The summed E-state index contributed by atoms with van der Waals surface area (Å²) < 4.78 is 5.99. The van der Waals surface area contributed by atoms with E-state index in [9.17, 15) is 9.59 Å². The number of nitrogens with zero attached hydrogens (tertiary/aromatic N) is 4. The zero-order valence-electron chi connectivity index (χ0n) is 20.2. The second-order valence-electron chi connectivity index (χ2n) is 9.18. The molecule has 0 unspecified atom stereocenters. The molecule has 0 atom stereocenters. The third-order valence-electron chi connectivity index (χ3n) is 6.46. The molecule has 8 nitrogen and oxygen atoms in total. The summed E-state index contributed by atoms with van der Waals surface area (Å²) in [5, 5.41) is 3.27. The molecule has 1 aromatic carbocycles. The van der Waals surface area contributed by atoms with Gasteiger partial charge >= 0.3 is 0 Å². The number of benzene rings is 1. The van der Waals surface area contributed by atoms with E-state index in [1.807, 2.05) is 41.3 Å². The first-order valence-electron chi connectivity index (χ1n) is 12.3. The van der Waals surface area contributed by atoms with Gasteiger partial charge in [-0.3, -0.25) is 14.5 Å². The van der Waals surface area contributed by atoms with Gasteiger partial charge in [0.15, 0.2) is 0 Å². The van der Waals surface area contributed by atoms with Crippen LogP contribution in [0.15, 0.2) is 42.5 Å². The number of hydrogen-bond acceptors (Lipinski definition) is 6. The zero-order valence-corrected chi connectivity index (χ0v) is 20.2. The Labute approximate surface area is 201 Å². The molecule has 1 aromatic heterocycles. The topological polar surface area (TPSA) is 78.0 Å². The molecule has 2 aliphatic heterocycles. The van der Waals surface area contributed by atoms with Crippen molar-refractivity contribution in [1.29, 1.82) is 0 Å². The lowest BCUT2D eigenvalue weighted by Crippen LogP contribution is -2.53. The first kappa shape index (κ1) is 24.0. The van der Waals surface area contributed by atoms with Crippen LogP contribution < -0.4 is 10.1 Å². The Kier molecular flexibility index (Phi) is 8.00. The molecule has 1 N–H and O–H groups in total. The lowest BCUT2D eigenvalue weighted by molar-refractivity contribution is -0.133. The van der Waals surface area contributed by atoms with Gasteiger partial charge in [0.1, 0.15) is 23.8 Å². The molecule has 34 heavy (non-hydrogen) atoms. The van der Waals surface area contributed by atoms with Gasteiger partial charge in [0, 0.05) is 38.8 Å². The lowest BCUT2D eigenvalue weighted by atomic mass is 10.2.